The predicted octanol–water partition coefficient (Wildman–Crippen LogP) is 1.54. The van der Waals surface area contributed by atoms with Gasteiger partial charge in [0.25, 0.3) is 0 Å². The van der Waals surface area contributed by atoms with Gasteiger partial charge in [-0.05, 0) is 19.3 Å². The lowest BCUT2D eigenvalue weighted by Crippen LogP contribution is -2.50. The number of morpholine rings is 1. The third kappa shape index (κ3) is 6.82. The van der Waals surface area contributed by atoms with Gasteiger partial charge in [-0.1, -0.05) is 32.1 Å². The summed E-state index contributed by atoms with van der Waals surface area (Å²) in [7, 11) is 0. The molecule has 1 heterocycles. The fourth-order valence-electron chi connectivity index (χ4n) is 3.46. The zero-order valence-electron chi connectivity index (χ0n) is 13.8. The van der Waals surface area contributed by atoms with Crippen molar-refractivity contribution in [2.45, 2.75) is 57.5 Å². The Hall–Kier alpha value is -0.360. The fraction of sp³-hybridized carbons (Fsp3) is 0.938. The van der Waals surface area contributed by atoms with Gasteiger partial charge in [0.2, 0.25) is 5.91 Å². The summed E-state index contributed by atoms with van der Waals surface area (Å²) in [6, 6.07) is -0.201. The van der Waals surface area contributed by atoms with Gasteiger partial charge in [-0.2, -0.15) is 0 Å². The van der Waals surface area contributed by atoms with Crippen LogP contribution in [0, 0.1) is 5.92 Å². The van der Waals surface area contributed by atoms with Gasteiger partial charge in [-0.25, -0.2) is 0 Å². The standard InChI is InChI=1S/C16H31N3O2.ClH/c1-13(12-19-7-9-21-10-8-19)18-16(20)15(17)11-14-5-3-2-4-6-14;/h13-15H,2-12,17H2,1H3,(H,18,20);1H. The first kappa shape index (κ1) is 19.7. The first-order chi connectivity index (χ1) is 10.1. The molecule has 2 unspecified atom stereocenters. The van der Waals surface area contributed by atoms with Crippen LogP contribution in [0.2, 0.25) is 0 Å². The molecule has 130 valence electrons. The maximum absolute atomic E-state index is 12.2. The molecule has 2 aliphatic rings. The Kier molecular flexibility index (Phi) is 9.33. The number of rotatable bonds is 6. The maximum atomic E-state index is 12.2. The van der Waals surface area contributed by atoms with Crippen molar-refractivity contribution < 1.29 is 9.53 Å². The van der Waals surface area contributed by atoms with Crippen molar-refractivity contribution in [3.8, 4) is 0 Å². The van der Waals surface area contributed by atoms with Crippen LogP contribution in [0.15, 0.2) is 0 Å². The van der Waals surface area contributed by atoms with Gasteiger partial charge < -0.3 is 15.8 Å². The van der Waals surface area contributed by atoms with Crippen LogP contribution in [-0.2, 0) is 9.53 Å². The van der Waals surface area contributed by atoms with Gasteiger partial charge in [-0.15, -0.1) is 12.4 Å². The van der Waals surface area contributed by atoms with Crippen LogP contribution in [0.1, 0.15) is 45.4 Å². The third-order valence-corrected chi connectivity index (χ3v) is 4.67. The zero-order chi connectivity index (χ0) is 15.1. The molecule has 2 rings (SSSR count). The number of halogens is 1. The number of nitrogens with zero attached hydrogens (tertiary/aromatic N) is 1. The summed E-state index contributed by atoms with van der Waals surface area (Å²) in [6.45, 7) is 6.43. The first-order valence-electron chi connectivity index (χ1n) is 8.51. The average molecular weight is 334 g/mol. The molecule has 1 saturated heterocycles. The molecule has 5 nitrogen and oxygen atoms in total. The largest absolute Gasteiger partial charge is 0.379 e. The Morgan fingerprint density at radius 3 is 2.55 bits per heavy atom. The number of hydrogen-bond donors (Lipinski definition) is 2. The topological polar surface area (TPSA) is 67.6 Å². The summed E-state index contributed by atoms with van der Waals surface area (Å²) in [5.41, 5.74) is 6.08. The Labute approximate surface area is 140 Å². The second kappa shape index (κ2) is 10.4. The van der Waals surface area contributed by atoms with Crippen molar-refractivity contribution in [3.05, 3.63) is 0 Å². The van der Waals surface area contributed by atoms with Gasteiger partial charge in [-0.3, -0.25) is 9.69 Å². The van der Waals surface area contributed by atoms with E-state index in [2.05, 4.69) is 17.1 Å². The Bertz CT molecular complexity index is 319. The second-order valence-corrected chi connectivity index (χ2v) is 6.67. The second-order valence-electron chi connectivity index (χ2n) is 6.67. The molecule has 22 heavy (non-hydrogen) atoms. The molecule has 2 atom stereocenters. The van der Waals surface area contributed by atoms with E-state index in [-0.39, 0.29) is 30.4 Å². The summed E-state index contributed by atoms with van der Waals surface area (Å²) in [6.07, 6.45) is 7.26. The van der Waals surface area contributed by atoms with E-state index < -0.39 is 0 Å². The van der Waals surface area contributed by atoms with Crippen molar-refractivity contribution in [2.24, 2.45) is 11.7 Å². The van der Waals surface area contributed by atoms with Crippen molar-refractivity contribution in [3.63, 3.8) is 0 Å². The van der Waals surface area contributed by atoms with Crippen LogP contribution >= 0.6 is 12.4 Å². The normalized spacial score (nSPS) is 23.4. The molecular weight excluding hydrogens is 302 g/mol. The van der Waals surface area contributed by atoms with Crippen LogP contribution < -0.4 is 11.1 Å². The Morgan fingerprint density at radius 2 is 1.91 bits per heavy atom. The van der Waals surface area contributed by atoms with E-state index in [1.165, 1.54) is 32.1 Å². The van der Waals surface area contributed by atoms with E-state index in [4.69, 9.17) is 10.5 Å². The zero-order valence-corrected chi connectivity index (χ0v) is 14.6. The lowest BCUT2D eigenvalue weighted by Gasteiger charge is -2.30. The number of nitrogens with one attached hydrogen (secondary N) is 1. The van der Waals surface area contributed by atoms with E-state index >= 15 is 0 Å². The summed E-state index contributed by atoms with van der Waals surface area (Å²) in [4.78, 5) is 14.5. The SMILES string of the molecule is CC(CN1CCOCC1)NC(=O)C(N)CC1CCCCC1.Cl. The summed E-state index contributed by atoms with van der Waals surface area (Å²) in [5, 5.41) is 3.07. The molecule has 3 N–H and O–H groups in total. The van der Waals surface area contributed by atoms with Gasteiger partial charge in [0.1, 0.15) is 0 Å². The average Bonchev–Trinajstić information content (AvgIpc) is 2.49. The van der Waals surface area contributed by atoms with E-state index in [9.17, 15) is 4.79 Å². The molecule has 2 fully saturated rings. The van der Waals surface area contributed by atoms with Crippen molar-refractivity contribution in [1.29, 1.82) is 0 Å². The summed E-state index contributed by atoms with van der Waals surface area (Å²) < 4.78 is 5.34. The number of amides is 1. The molecule has 0 bridgehead atoms. The van der Waals surface area contributed by atoms with Crippen LogP contribution in [-0.4, -0.2) is 55.7 Å². The molecule has 1 aliphatic carbocycles. The molecule has 0 aromatic heterocycles. The third-order valence-electron chi connectivity index (χ3n) is 4.67. The minimum Gasteiger partial charge on any atom is -0.379 e. The van der Waals surface area contributed by atoms with Gasteiger partial charge >= 0.3 is 0 Å². The van der Waals surface area contributed by atoms with Crippen molar-refractivity contribution >= 4 is 18.3 Å². The number of carbonyl (C=O) groups excluding carboxylic acids is 1. The van der Waals surface area contributed by atoms with Gasteiger partial charge in [0.15, 0.2) is 0 Å². The lowest BCUT2D eigenvalue weighted by molar-refractivity contribution is -0.123. The van der Waals surface area contributed by atoms with Crippen LogP contribution in [0.3, 0.4) is 0 Å². The molecule has 1 amide bonds. The number of hydrogen-bond acceptors (Lipinski definition) is 4. The highest BCUT2D eigenvalue weighted by atomic mass is 35.5. The molecule has 0 radical (unpaired) electrons. The molecule has 0 spiro atoms. The van der Waals surface area contributed by atoms with E-state index in [1.54, 1.807) is 0 Å². The predicted molar refractivity (Wildman–Crippen MR) is 91.3 cm³/mol. The van der Waals surface area contributed by atoms with E-state index in [0.29, 0.717) is 5.92 Å². The quantitative estimate of drug-likeness (QED) is 0.773. The van der Waals surface area contributed by atoms with Crippen LogP contribution in [0.4, 0.5) is 0 Å². The number of carbonyl (C=O) groups is 1. The molecule has 0 aromatic carbocycles. The molecule has 1 saturated carbocycles. The summed E-state index contributed by atoms with van der Waals surface area (Å²) >= 11 is 0. The van der Waals surface area contributed by atoms with E-state index in [1.807, 2.05) is 0 Å². The summed E-state index contributed by atoms with van der Waals surface area (Å²) in [5.74, 6) is 0.662. The van der Waals surface area contributed by atoms with Gasteiger partial charge in [0, 0.05) is 25.7 Å². The van der Waals surface area contributed by atoms with E-state index in [0.717, 1.165) is 39.3 Å². The highest BCUT2D eigenvalue weighted by Crippen LogP contribution is 2.26. The Morgan fingerprint density at radius 1 is 1.27 bits per heavy atom. The highest BCUT2D eigenvalue weighted by Gasteiger charge is 2.23. The van der Waals surface area contributed by atoms with Crippen molar-refractivity contribution in [1.82, 2.24) is 10.2 Å². The highest BCUT2D eigenvalue weighted by molar-refractivity contribution is 5.85. The fourth-order valence-corrected chi connectivity index (χ4v) is 3.46. The monoisotopic (exact) mass is 333 g/mol. The van der Waals surface area contributed by atoms with Crippen LogP contribution in [0.25, 0.3) is 0 Å². The van der Waals surface area contributed by atoms with Gasteiger partial charge in [0.05, 0.1) is 19.3 Å². The lowest BCUT2D eigenvalue weighted by atomic mass is 9.85. The molecular formula is C16H32ClN3O2. The minimum absolute atomic E-state index is 0. The first-order valence-corrected chi connectivity index (χ1v) is 8.51. The van der Waals surface area contributed by atoms with Crippen molar-refractivity contribution in [2.75, 3.05) is 32.8 Å². The number of ether oxygens (including phenoxy) is 1. The molecule has 1 aliphatic heterocycles. The maximum Gasteiger partial charge on any atom is 0.237 e. The molecule has 0 aromatic rings. The minimum atomic E-state index is -0.347. The van der Waals surface area contributed by atoms with Crippen LogP contribution in [0.5, 0.6) is 0 Å². The molecule has 6 heteroatoms. The smallest absolute Gasteiger partial charge is 0.237 e. The number of nitrogens with two attached hydrogens (primary N) is 1. The Balaban J connectivity index is 0.00000242.